The van der Waals surface area contributed by atoms with Gasteiger partial charge in [0.15, 0.2) is 16.6 Å². The summed E-state index contributed by atoms with van der Waals surface area (Å²) in [7, 11) is -4.88. The predicted molar refractivity (Wildman–Crippen MR) is 128 cm³/mol. The maximum atomic E-state index is 13.5. The van der Waals surface area contributed by atoms with E-state index in [4.69, 9.17) is 11.6 Å². The Morgan fingerprint density at radius 3 is 2.55 bits per heavy atom. The van der Waals surface area contributed by atoms with Crippen LogP contribution in [-0.2, 0) is 29.5 Å². The summed E-state index contributed by atoms with van der Waals surface area (Å²) in [6, 6.07) is -1.61. The molecular formula is C19H19N7O10S2. The van der Waals surface area contributed by atoms with Crippen LogP contribution in [0.5, 0.6) is 11.5 Å². The smallest absolute Gasteiger partial charge is 0.362 e. The number of aromatic hydroxyl groups is 2. The number of carbonyl (C=O) groups is 3. The summed E-state index contributed by atoms with van der Waals surface area (Å²) in [6.07, 6.45) is 0. The lowest BCUT2D eigenvalue weighted by atomic mass is 9.99. The fraction of sp³-hybridized carbons (Fsp3) is 0.211. The van der Waals surface area contributed by atoms with Crippen LogP contribution in [0.1, 0.15) is 12.6 Å². The number of carboxylic acids is 1. The van der Waals surface area contributed by atoms with Gasteiger partial charge in [0.05, 0.1) is 39.3 Å². The number of carbonyl (C=O) groups excluding carboxylic acids is 2. The SMILES string of the molecule is CC1C(NC(=O)C(c2csc(N)n2)=c2c(O)c(O)cc3c2=NC(CON)=C(C(=O)O)N3)C(=O)N1S(=O)(=O)O. The molecule has 2 atom stereocenters. The molecule has 2 aliphatic rings. The average Bonchev–Trinajstić information content (AvgIpc) is 3.25. The summed E-state index contributed by atoms with van der Waals surface area (Å²) in [6.45, 7) is 0.755. The van der Waals surface area contributed by atoms with Gasteiger partial charge in [-0.05, 0) is 6.92 Å². The molecule has 2 unspecified atom stereocenters. The molecule has 0 bridgehead atoms. The number of phenolic OH excluding ortho intramolecular Hbond substituents is 2. The number of hydrogen-bond donors (Lipinski definition) is 8. The van der Waals surface area contributed by atoms with Crippen LogP contribution in [0.25, 0.3) is 5.57 Å². The first-order chi connectivity index (χ1) is 17.8. The van der Waals surface area contributed by atoms with Gasteiger partial charge >= 0.3 is 16.3 Å². The summed E-state index contributed by atoms with van der Waals surface area (Å²) < 4.78 is 32.2. The van der Waals surface area contributed by atoms with E-state index in [1.54, 1.807) is 0 Å². The van der Waals surface area contributed by atoms with E-state index in [1.807, 2.05) is 0 Å². The van der Waals surface area contributed by atoms with Crippen molar-refractivity contribution in [2.45, 2.75) is 19.0 Å². The molecule has 1 fully saturated rings. The highest BCUT2D eigenvalue weighted by molar-refractivity contribution is 7.84. The van der Waals surface area contributed by atoms with Gasteiger partial charge < -0.3 is 31.7 Å². The highest BCUT2D eigenvalue weighted by Crippen LogP contribution is 2.28. The molecule has 0 radical (unpaired) electrons. The van der Waals surface area contributed by atoms with E-state index in [1.165, 1.54) is 12.3 Å². The van der Waals surface area contributed by atoms with Crippen molar-refractivity contribution in [3.63, 3.8) is 0 Å². The van der Waals surface area contributed by atoms with E-state index in [-0.39, 0.29) is 31.9 Å². The first-order valence-corrected chi connectivity index (χ1v) is 12.6. The van der Waals surface area contributed by atoms with Crippen LogP contribution in [0.4, 0.5) is 10.8 Å². The number of nitrogens with zero attached hydrogens (tertiary/aromatic N) is 3. The molecule has 1 saturated heterocycles. The molecule has 38 heavy (non-hydrogen) atoms. The summed E-state index contributed by atoms with van der Waals surface area (Å²) in [4.78, 5) is 50.3. The van der Waals surface area contributed by atoms with Crippen molar-refractivity contribution < 1.29 is 47.5 Å². The second-order valence-electron chi connectivity index (χ2n) is 7.94. The maximum Gasteiger partial charge on any atom is 0.362 e. The number of β-lactam (4-membered cyclic amide) rings is 1. The predicted octanol–water partition coefficient (Wildman–Crippen LogP) is -2.91. The molecule has 17 nitrogen and oxygen atoms in total. The van der Waals surface area contributed by atoms with Crippen LogP contribution in [0.3, 0.4) is 0 Å². The van der Waals surface area contributed by atoms with Crippen molar-refractivity contribution in [2.75, 3.05) is 17.7 Å². The van der Waals surface area contributed by atoms with E-state index >= 15 is 0 Å². The number of carboxylic acid groups (broad SMARTS) is 1. The van der Waals surface area contributed by atoms with Crippen LogP contribution < -0.4 is 32.8 Å². The second kappa shape index (κ2) is 9.54. The first kappa shape index (κ1) is 26.8. The molecule has 1 aromatic carbocycles. The number of amides is 2. The molecule has 202 valence electrons. The number of anilines is 2. The third-order valence-corrected chi connectivity index (χ3v) is 7.29. The van der Waals surface area contributed by atoms with Gasteiger partial charge in [-0.3, -0.25) is 19.0 Å². The highest BCUT2D eigenvalue weighted by Gasteiger charge is 2.51. The monoisotopic (exact) mass is 569 g/mol. The van der Waals surface area contributed by atoms with Gasteiger partial charge in [-0.1, -0.05) is 0 Å². The molecule has 1 aromatic heterocycles. The van der Waals surface area contributed by atoms with Gasteiger partial charge in [-0.2, -0.15) is 8.42 Å². The summed E-state index contributed by atoms with van der Waals surface area (Å²) >= 11 is 0.913. The third-order valence-electron chi connectivity index (χ3n) is 5.61. The standard InChI is InChI=1S/C19H19N7O10S2/c1-5-12(17(30)26(5)38(33,34)35)25-16(29)10(8-4-37-19(20)24-8)11-13-6(2-9(27)15(11)28)22-14(18(31)32)7(23-13)3-36-21/h2,4-5,12,22,27-28H,3,21H2,1H3,(H2,20,24)(H,25,29)(H,31,32)(H,33,34,35). The molecule has 19 heteroatoms. The Kier molecular flexibility index (Phi) is 6.71. The molecule has 0 saturated carbocycles. The van der Waals surface area contributed by atoms with Gasteiger partial charge in [0.2, 0.25) is 0 Å². The Morgan fingerprint density at radius 2 is 2.03 bits per heavy atom. The Hall–Kier alpha value is -4.30. The Balaban J connectivity index is 1.98. The normalized spacial score (nSPS) is 19.7. The van der Waals surface area contributed by atoms with Crippen LogP contribution in [0.2, 0.25) is 0 Å². The number of nitrogen functional groups attached to an aromatic ring is 1. The van der Waals surface area contributed by atoms with E-state index in [0.717, 1.165) is 17.4 Å². The zero-order valence-electron chi connectivity index (χ0n) is 19.1. The average molecular weight is 570 g/mol. The zero-order valence-corrected chi connectivity index (χ0v) is 20.7. The number of nitrogens with two attached hydrogens (primary N) is 2. The van der Waals surface area contributed by atoms with Crippen molar-refractivity contribution in [1.29, 1.82) is 0 Å². The van der Waals surface area contributed by atoms with Crippen molar-refractivity contribution in [2.24, 2.45) is 10.9 Å². The van der Waals surface area contributed by atoms with E-state index in [9.17, 15) is 42.7 Å². The number of thiazole rings is 1. The van der Waals surface area contributed by atoms with Crippen LogP contribution >= 0.6 is 11.3 Å². The summed E-state index contributed by atoms with van der Waals surface area (Å²) in [5.74, 6) is -0.192. The van der Waals surface area contributed by atoms with Gasteiger partial charge in [0, 0.05) is 11.4 Å². The molecular weight excluding hydrogens is 550 g/mol. The molecule has 2 aliphatic heterocycles. The van der Waals surface area contributed by atoms with Crippen molar-refractivity contribution in [1.82, 2.24) is 14.6 Å². The van der Waals surface area contributed by atoms with Crippen LogP contribution in [0.15, 0.2) is 27.8 Å². The lowest BCUT2D eigenvalue weighted by Gasteiger charge is -2.42. The van der Waals surface area contributed by atoms with Crippen LogP contribution in [0, 0.1) is 0 Å². The van der Waals surface area contributed by atoms with Gasteiger partial charge in [0.25, 0.3) is 11.8 Å². The number of phenols is 2. The van der Waals surface area contributed by atoms with Gasteiger partial charge in [-0.25, -0.2) is 25.0 Å². The van der Waals surface area contributed by atoms with Gasteiger partial charge in [-0.15, -0.1) is 11.3 Å². The number of nitrogens with one attached hydrogen (secondary N) is 2. The summed E-state index contributed by atoms with van der Waals surface area (Å²) in [5, 5.41) is 36.3. The van der Waals surface area contributed by atoms with Crippen molar-refractivity contribution >= 4 is 55.8 Å². The molecule has 2 amide bonds. The Bertz CT molecular complexity index is 1650. The number of aliphatic carboxylic acids is 1. The van der Waals surface area contributed by atoms with E-state index in [0.29, 0.717) is 0 Å². The molecule has 0 aliphatic carbocycles. The number of rotatable bonds is 7. The van der Waals surface area contributed by atoms with Gasteiger partial charge in [0.1, 0.15) is 18.3 Å². The number of hydrogen-bond acceptors (Lipinski definition) is 14. The largest absolute Gasteiger partial charge is 0.504 e. The third kappa shape index (κ3) is 4.48. The quantitative estimate of drug-likeness (QED) is 0.0545. The maximum absolute atomic E-state index is 13.5. The van der Waals surface area contributed by atoms with Crippen molar-refractivity contribution in [3.8, 4) is 11.5 Å². The Morgan fingerprint density at radius 1 is 1.34 bits per heavy atom. The minimum Gasteiger partial charge on any atom is -0.504 e. The minimum absolute atomic E-state index is 0.00444. The number of fused-ring (bicyclic) bond motifs is 1. The molecule has 2 aromatic rings. The zero-order chi connectivity index (χ0) is 28.1. The molecule has 10 N–H and O–H groups in total. The topological polar surface area (TPSA) is 280 Å². The Labute approximate surface area is 216 Å². The first-order valence-electron chi connectivity index (χ1n) is 10.3. The fourth-order valence-corrected chi connectivity index (χ4v) is 5.37. The van der Waals surface area contributed by atoms with E-state index in [2.05, 4.69) is 25.4 Å². The number of benzene rings is 1. The highest BCUT2D eigenvalue weighted by atomic mass is 32.2. The van der Waals surface area contributed by atoms with Crippen LogP contribution in [-0.4, -0.2) is 74.1 Å². The molecule has 4 rings (SSSR count). The summed E-state index contributed by atoms with van der Waals surface area (Å²) in [5.41, 5.74) is 4.32. The minimum atomic E-state index is -4.88. The number of aromatic nitrogens is 1. The lowest BCUT2D eigenvalue weighted by molar-refractivity contribution is -0.144. The lowest BCUT2D eigenvalue weighted by Crippen LogP contribution is -2.70. The van der Waals surface area contributed by atoms with Crippen molar-refractivity contribution in [3.05, 3.63) is 39.1 Å². The molecule has 3 heterocycles. The molecule has 0 spiro atoms. The van der Waals surface area contributed by atoms with E-state index < -0.39 is 74.8 Å². The fourth-order valence-electron chi connectivity index (χ4n) is 3.93. The second-order valence-corrected chi connectivity index (χ2v) is 10.1.